The highest BCUT2D eigenvalue weighted by Gasteiger charge is 2.15. The summed E-state index contributed by atoms with van der Waals surface area (Å²) in [5, 5.41) is 13.3. The van der Waals surface area contributed by atoms with E-state index in [1.54, 1.807) is 6.07 Å². The Labute approximate surface area is 93.8 Å². The van der Waals surface area contributed by atoms with Crippen molar-refractivity contribution in [2.24, 2.45) is 4.99 Å². The fraction of sp³-hybridized carbons (Fsp3) is 0.364. The molecule has 80 valence electrons. The van der Waals surface area contributed by atoms with Crippen molar-refractivity contribution in [2.75, 3.05) is 13.1 Å². The van der Waals surface area contributed by atoms with Gasteiger partial charge in [0.15, 0.2) is 0 Å². The van der Waals surface area contributed by atoms with Crippen LogP contribution < -0.4 is 5.32 Å². The van der Waals surface area contributed by atoms with Crippen LogP contribution in [0.4, 0.5) is 0 Å². The molecule has 0 atom stereocenters. The van der Waals surface area contributed by atoms with Crippen molar-refractivity contribution in [3.8, 4) is 5.75 Å². The molecule has 0 unspecified atom stereocenters. The van der Waals surface area contributed by atoms with Gasteiger partial charge in [0.25, 0.3) is 0 Å². The van der Waals surface area contributed by atoms with Crippen LogP contribution in [0, 0.1) is 0 Å². The SMILES string of the molecule is CCc1cc(Cl)c(O)c(C2=NCCN2)c1. The van der Waals surface area contributed by atoms with Crippen molar-refractivity contribution >= 4 is 17.4 Å². The third-order valence-electron chi connectivity index (χ3n) is 2.46. The number of rotatable bonds is 2. The number of aromatic hydroxyl groups is 1. The van der Waals surface area contributed by atoms with Gasteiger partial charge in [-0.15, -0.1) is 0 Å². The molecule has 0 saturated heterocycles. The standard InChI is InChI=1S/C11H13ClN2O/c1-2-7-5-8(10(15)9(12)6-7)11-13-3-4-14-11/h5-6,15H,2-4H2,1H3,(H,13,14). The zero-order valence-corrected chi connectivity index (χ0v) is 9.30. The molecule has 3 nitrogen and oxygen atoms in total. The molecule has 15 heavy (non-hydrogen) atoms. The van der Waals surface area contributed by atoms with Gasteiger partial charge in [-0.3, -0.25) is 4.99 Å². The van der Waals surface area contributed by atoms with Crippen molar-refractivity contribution in [1.29, 1.82) is 0 Å². The van der Waals surface area contributed by atoms with Crippen LogP contribution in [-0.2, 0) is 6.42 Å². The van der Waals surface area contributed by atoms with Crippen LogP contribution in [0.2, 0.25) is 5.02 Å². The molecular formula is C11H13ClN2O. The average Bonchev–Trinajstić information content (AvgIpc) is 2.75. The lowest BCUT2D eigenvalue weighted by atomic mass is 10.1. The van der Waals surface area contributed by atoms with Crippen molar-refractivity contribution < 1.29 is 5.11 Å². The van der Waals surface area contributed by atoms with Gasteiger partial charge in [0.1, 0.15) is 11.6 Å². The minimum Gasteiger partial charge on any atom is -0.506 e. The molecule has 2 rings (SSSR count). The number of phenols is 1. The van der Waals surface area contributed by atoms with E-state index < -0.39 is 0 Å². The second-order valence-electron chi connectivity index (χ2n) is 3.48. The summed E-state index contributed by atoms with van der Waals surface area (Å²) in [4.78, 5) is 4.27. The highest BCUT2D eigenvalue weighted by molar-refractivity contribution is 6.32. The van der Waals surface area contributed by atoms with E-state index in [1.165, 1.54) is 0 Å². The number of hydrogen-bond donors (Lipinski definition) is 2. The minimum atomic E-state index is 0.113. The van der Waals surface area contributed by atoms with E-state index in [9.17, 15) is 5.11 Å². The number of aliphatic imine (C=N–C) groups is 1. The molecule has 0 aliphatic carbocycles. The van der Waals surface area contributed by atoms with Crippen molar-refractivity contribution in [3.63, 3.8) is 0 Å². The number of aryl methyl sites for hydroxylation is 1. The van der Waals surface area contributed by atoms with Crippen molar-refractivity contribution in [1.82, 2.24) is 5.32 Å². The summed E-state index contributed by atoms with van der Waals surface area (Å²) < 4.78 is 0. The maximum Gasteiger partial charge on any atom is 0.145 e. The summed E-state index contributed by atoms with van der Waals surface area (Å²) >= 11 is 5.94. The van der Waals surface area contributed by atoms with Crippen molar-refractivity contribution in [3.05, 3.63) is 28.3 Å². The lowest BCUT2D eigenvalue weighted by Gasteiger charge is -2.09. The Kier molecular flexibility index (Phi) is 2.82. The molecule has 2 N–H and O–H groups in total. The molecule has 0 spiro atoms. The first-order valence-electron chi connectivity index (χ1n) is 5.02. The molecule has 1 aromatic carbocycles. The fourth-order valence-corrected chi connectivity index (χ4v) is 1.86. The zero-order valence-electron chi connectivity index (χ0n) is 8.55. The van der Waals surface area contributed by atoms with Crippen LogP contribution in [0.3, 0.4) is 0 Å². The Hall–Kier alpha value is -1.22. The van der Waals surface area contributed by atoms with E-state index in [0.717, 1.165) is 30.9 Å². The summed E-state index contributed by atoms with van der Waals surface area (Å²) in [6.45, 7) is 3.63. The molecule has 1 aliphatic heterocycles. The van der Waals surface area contributed by atoms with E-state index in [4.69, 9.17) is 11.6 Å². The number of nitrogens with one attached hydrogen (secondary N) is 1. The first-order chi connectivity index (χ1) is 7.22. The van der Waals surface area contributed by atoms with Gasteiger partial charge in [0, 0.05) is 6.54 Å². The number of benzene rings is 1. The van der Waals surface area contributed by atoms with E-state index >= 15 is 0 Å². The first kappa shape index (κ1) is 10.3. The average molecular weight is 225 g/mol. The van der Waals surface area contributed by atoms with Gasteiger partial charge in [0.2, 0.25) is 0 Å². The van der Waals surface area contributed by atoms with Gasteiger partial charge in [-0.1, -0.05) is 18.5 Å². The second kappa shape index (κ2) is 4.11. The smallest absolute Gasteiger partial charge is 0.145 e. The predicted octanol–water partition coefficient (Wildman–Crippen LogP) is 1.96. The van der Waals surface area contributed by atoms with E-state index in [-0.39, 0.29) is 5.75 Å². The van der Waals surface area contributed by atoms with Gasteiger partial charge in [-0.05, 0) is 24.1 Å². The maximum atomic E-state index is 9.83. The van der Waals surface area contributed by atoms with Gasteiger partial charge in [-0.2, -0.15) is 0 Å². The largest absolute Gasteiger partial charge is 0.506 e. The summed E-state index contributed by atoms with van der Waals surface area (Å²) in [5.74, 6) is 0.853. The predicted molar refractivity (Wildman–Crippen MR) is 61.9 cm³/mol. The Balaban J connectivity index is 2.49. The second-order valence-corrected chi connectivity index (χ2v) is 3.89. The first-order valence-corrected chi connectivity index (χ1v) is 5.40. The minimum absolute atomic E-state index is 0.113. The number of halogens is 1. The molecule has 1 aromatic rings. The summed E-state index contributed by atoms with van der Waals surface area (Å²) in [6, 6.07) is 3.72. The topological polar surface area (TPSA) is 44.6 Å². The summed E-state index contributed by atoms with van der Waals surface area (Å²) in [6.07, 6.45) is 0.889. The molecule has 0 saturated carbocycles. The summed E-state index contributed by atoms with van der Waals surface area (Å²) in [5.41, 5.74) is 1.81. The van der Waals surface area contributed by atoms with Crippen LogP contribution in [-0.4, -0.2) is 24.0 Å². The third kappa shape index (κ3) is 1.92. The molecular weight excluding hydrogens is 212 g/mol. The van der Waals surface area contributed by atoms with Crippen molar-refractivity contribution in [2.45, 2.75) is 13.3 Å². The van der Waals surface area contributed by atoms with Gasteiger partial charge >= 0.3 is 0 Å². The third-order valence-corrected chi connectivity index (χ3v) is 2.75. The van der Waals surface area contributed by atoms with Gasteiger partial charge in [-0.25, -0.2) is 0 Å². The molecule has 1 heterocycles. The normalized spacial score (nSPS) is 14.9. The van der Waals surface area contributed by atoms with E-state index in [1.807, 2.05) is 6.07 Å². The Morgan fingerprint density at radius 1 is 1.53 bits per heavy atom. The van der Waals surface area contributed by atoms with Crippen LogP contribution in [0.1, 0.15) is 18.1 Å². The van der Waals surface area contributed by atoms with Crippen LogP contribution >= 0.6 is 11.6 Å². The molecule has 0 aromatic heterocycles. The molecule has 0 amide bonds. The zero-order chi connectivity index (χ0) is 10.8. The monoisotopic (exact) mass is 224 g/mol. The van der Waals surface area contributed by atoms with E-state index in [0.29, 0.717) is 10.6 Å². The number of hydrogen-bond acceptors (Lipinski definition) is 3. The quantitative estimate of drug-likeness (QED) is 0.807. The molecule has 0 fully saturated rings. The Morgan fingerprint density at radius 2 is 2.33 bits per heavy atom. The van der Waals surface area contributed by atoms with Crippen LogP contribution in [0.25, 0.3) is 0 Å². The van der Waals surface area contributed by atoms with Gasteiger partial charge in [0.05, 0.1) is 17.1 Å². The number of amidine groups is 1. The van der Waals surface area contributed by atoms with Gasteiger partial charge < -0.3 is 10.4 Å². The molecule has 0 radical (unpaired) electrons. The lowest BCUT2D eigenvalue weighted by molar-refractivity contribution is 0.474. The van der Waals surface area contributed by atoms with E-state index in [2.05, 4.69) is 17.2 Å². The maximum absolute atomic E-state index is 9.83. The number of nitrogens with zero attached hydrogens (tertiary/aromatic N) is 1. The molecule has 4 heteroatoms. The van der Waals surface area contributed by atoms with Crippen LogP contribution in [0.5, 0.6) is 5.75 Å². The lowest BCUT2D eigenvalue weighted by Crippen LogP contribution is -2.19. The molecule has 1 aliphatic rings. The Bertz CT molecular complexity index is 415. The molecule has 0 bridgehead atoms. The summed E-state index contributed by atoms with van der Waals surface area (Å²) in [7, 11) is 0. The van der Waals surface area contributed by atoms with Crippen LogP contribution in [0.15, 0.2) is 17.1 Å². The highest BCUT2D eigenvalue weighted by atomic mass is 35.5. The number of phenolic OH excluding ortho intramolecular Hbond substituents is 1. The fourth-order valence-electron chi connectivity index (χ4n) is 1.62. The Morgan fingerprint density at radius 3 is 2.93 bits per heavy atom. The highest BCUT2D eigenvalue weighted by Crippen LogP contribution is 2.29.